The molecule has 1 aromatic heterocycles. The second kappa shape index (κ2) is 6.20. The zero-order valence-electron chi connectivity index (χ0n) is 13.2. The highest BCUT2D eigenvalue weighted by atomic mass is 16.2. The minimum atomic E-state index is -0.235. The summed E-state index contributed by atoms with van der Waals surface area (Å²) in [5.74, 6) is -0.0504. The van der Waals surface area contributed by atoms with Crippen LogP contribution in [-0.2, 0) is 4.79 Å². The molecule has 3 rings (SSSR count). The van der Waals surface area contributed by atoms with Gasteiger partial charge in [-0.3, -0.25) is 14.6 Å². The van der Waals surface area contributed by atoms with Crippen LogP contribution in [0.4, 0.5) is 11.4 Å². The van der Waals surface area contributed by atoms with Crippen LogP contribution >= 0.6 is 0 Å². The van der Waals surface area contributed by atoms with Crippen LogP contribution in [0.15, 0.2) is 42.6 Å². The maximum absolute atomic E-state index is 12.6. The third kappa shape index (κ3) is 3.39. The fourth-order valence-corrected chi connectivity index (χ4v) is 2.50. The van der Waals surface area contributed by atoms with E-state index in [1.54, 1.807) is 48.5 Å². The van der Waals surface area contributed by atoms with E-state index in [1.807, 2.05) is 13.0 Å². The largest absolute Gasteiger partial charge is 0.322 e. The van der Waals surface area contributed by atoms with Gasteiger partial charge in [0.05, 0.1) is 11.3 Å². The number of nitrogens with zero attached hydrogens (tertiary/aromatic N) is 2. The molecule has 0 bridgehead atoms. The van der Waals surface area contributed by atoms with Crippen LogP contribution in [0.1, 0.15) is 28.9 Å². The van der Waals surface area contributed by atoms with Gasteiger partial charge in [0, 0.05) is 30.5 Å². The van der Waals surface area contributed by atoms with Crippen molar-refractivity contribution >= 4 is 23.2 Å². The number of hydrogen-bond acceptors (Lipinski definition) is 3. The number of aromatic nitrogens is 1. The maximum atomic E-state index is 12.6. The molecule has 23 heavy (non-hydrogen) atoms. The second-order valence-electron chi connectivity index (χ2n) is 5.83. The average molecular weight is 309 g/mol. The van der Waals surface area contributed by atoms with Crippen LogP contribution in [-0.4, -0.2) is 23.8 Å². The lowest BCUT2D eigenvalue weighted by Crippen LogP contribution is -2.29. The molecule has 0 aliphatic heterocycles. The molecule has 1 fully saturated rings. The molecule has 0 spiro atoms. The standard InChI is InChI=1S/C18H19N3O2/c1-12-11-14(9-10-19-12)20-17(22)15-5-3-4-6-16(15)21(2)18(23)13-7-8-13/h3-6,9-11,13H,7-8H2,1-2H3,(H,19,20,22). The van der Waals surface area contributed by atoms with Gasteiger partial charge in [0.2, 0.25) is 5.91 Å². The molecule has 2 amide bonds. The molecule has 0 atom stereocenters. The molecule has 0 saturated heterocycles. The Balaban J connectivity index is 1.84. The first kappa shape index (κ1) is 15.2. The van der Waals surface area contributed by atoms with Crippen LogP contribution in [0, 0.1) is 12.8 Å². The Morgan fingerprint density at radius 3 is 2.65 bits per heavy atom. The van der Waals surface area contributed by atoms with E-state index in [4.69, 9.17) is 0 Å². The Labute approximate surface area is 135 Å². The molecule has 1 N–H and O–H groups in total. The molecule has 1 aliphatic rings. The summed E-state index contributed by atoms with van der Waals surface area (Å²) >= 11 is 0. The predicted molar refractivity (Wildman–Crippen MR) is 89.5 cm³/mol. The van der Waals surface area contributed by atoms with Gasteiger partial charge in [-0.25, -0.2) is 0 Å². The van der Waals surface area contributed by atoms with E-state index in [0.29, 0.717) is 16.9 Å². The normalized spacial score (nSPS) is 13.5. The third-order valence-corrected chi connectivity index (χ3v) is 3.92. The molecular weight excluding hydrogens is 290 g/mol. The SMILES string of the molecule is Cc1cc(NC(=O)c2ccccc2N(C)C(=O)C2CC2)ccn1. The Kier molecular flexibility index (Phi) is 4.10. The number of aryl methyl sites for hydroxylation is 1. The molecule has 2 aromatic rings. The summed E-state index contributed by atoms with van der Waals surface area (Å²) in [6.45, 7) is 1.87. The van der Waals surface area contributed by atoms with Gasteiger partial charge in [0.1, 0.15) is 0 Å². The van der Waals surface area contributed by atoms with Crippen molar-refractivity contribution in [2.75, 3.05) is 17.3 Å². The molecule has 0 radical (unpaired) electrons. The van der Waals surface area contributed by atoms with E-state index >= 15 is 0 Å². The van der Waals surface area contributed by atoms with Gasteiger partial charge in [-0.1, -0.05) is 12.1 Å². The van der Waals surface area contributed by atoms with Gasteiger partial charge in [0.25, 0.3) is 5.91 Å². The summed E-state index contributed by atoms with van der Waals surface area (Å²) in [4.78, 5) is 30.6. The van der Waals surface area contributed by atoms with Crippen LogP contribution in [0.25, 0.3) is 0 Å². The van der Waals surface area contributed by atoms with Crippen LogP contribution in [0.5, 0.6) is 0 Å². The number of benzene rings is 1. The summed E-state index contributed by atoms with van der Waals surface area (Å²) < 4.78 is 0. The zero-order chi connectivity index (χ0) is 16.4. The zero-order valence-corrected chi connectivity index (χ0v) is 13.2. The highest BCUT2D eigenvalue weighted by Crippen LogP contribution is 2.33. The van der Waals surface area contributed by atoms with Crippen molar-refractivity contribution in [2.45, 2.75) is 19.8 Å². The Morgan fingerprint density at radius 2 is 1.96 bits per heavy atom. The number of carbonyl (C=O) groups excluding carboxylic acids is 2. The molecule has 1 aromatic carbocycles. The van der Waals surface area contributed by atoms with Crippen molar-refractivity contribution in [3.63, 3.8) is 0 Å². The van der Waals surface area contributed by atoms with E-state index in [-0.39, 0.29) is 17.7 Å². The fourth-order valence-electron chi connectivity index (χ4n) is 2.50. The molecule has 5 nitrogen and oxygen atoms in total. The Bertz CT molecular complexity index is 753. The summed E-state index contributed by atoms with van der Waals surface area (Å²) in [6, 6.07) is 10.7. The molecule has 118 valence electrons. The van der Waals surface area contributed by atoms with Crippen LogP contribution in [0.2, 0.25) is 0 Å². The van der Waals surface area contributed by atoms with Crippen molar-refractivity contribution in [1.29, 1.82) is 0 Å². The summed E-state index contributed by atoms with van der Waals surface area (Å²) in [5.41, 5.74) is 2.64. The monoisotopic (exact) mass is 309 g/mol. The molecule has 1 heterocycles. The van der Waals surface area contributed by atoms with Crippen molar-refractivity contribution < 1.29 is 9.59 Å². The topological polar surface area (TPSA) is 62.3 Å². The van der Waals surface area contributed by atoms with Gasteiger partial charge >= 0.3 is 0 Å². The minimum absolute atomic E-state index is 0.0741. The summed E-state index contributed by atoms with van der Waals surface area (Å²) in [7, 11) is 1.73. The van der Waals surface area contributed by atoms with E-state index < -0.39 is 0 Å². The Hall–Kier alpha value is -2.69. The van der Waals surface area contributed by atoms with E-state index in [0.717, 1.165) is 18.5 Å². The minimum Gasteiger partial charge on any atom is -0.322 e. The van der Waals surface area contributed by atoms with Gasteiger partial charge in [-0.05, 0) is 44.0 Å². The lowest BCUT2D eigenvalue weighted by atomic mass is 10.1. The molecule has 0 unspecified atom stereocenters. The quantitative estimate of drug-likeness (QED) is 0.944. The van der Waals surface area contributed by atoms with E-state index in [9.17, 15) is 9.59 Å². The number of rotatable bonds is 4. The predicted octanol–water partition coefficient (Wildman–Crippen LogP) is 3.02. The van der Waals surface area contributed by atoms with Gasteiger partial charge in [-0.2, -0.15) is 0 Å². The number of carbonyl (C=O) groups is 2. The van der Waals surface area contributed by atoms with Crippen LogP contribution < -0.4 is 10.2 Å². The molecule has 1 saturated carbocycles. The molecular formula is C18H19N3O2. The Morgan fingerprint density at radius 1 is 1.22 bits per heavy atom. The molecule has 1 aliphatic carbocycles. The fraction of sp³-hybridized carbons (Fsp3) is 0.278. The first-order chi connectivity index (χ1) is 11.1. The first-order valence-electron chi connectivity index (χ1n) is 7.67. The average Bonchev–Trinajstić information content (AvgIpc) is 3.38. The number of pyridine rings is 1. The van der Waals surface area contributed by atoms with Crippen molar-refractivity contribution in [3.8, 4) is 0 Å². The maximum Gasteiger partial charge on any atom is 0.257 e. The molecule has 5 heteroatoms. The van der Waals surface area contributed by atoms with E-state index in [2.05, 4.69) is 10.3 Å². The highest BCUT2D eigenvalue weighted by molar-refractivity contribution is 6.10. The number of amides is 2. The summed E-state index contributed by atoms with van der Waals surface area (Å²) in [6.07, 6.45) is 3.53. The smallest absolute Gasteiger partial charge is 0.257 e. The van der Waals surface area contributed by atoms with Gasteiger partial charge in [0.15, 0.2) is 0 Å². The number of hydrogen-bond donors (Lipinski definition) is 1. The van der Waals surface area contributed by atoms with Crippen molar-refractivity contribution in [1.82, 2.24) is 4.98 Å². The number of nitrogens with one attached hydrogen (secondary N) is 1. The first-order valence-corrected chi connectivity index (χ1v) is 7.67. The van der Waals surface area contributed by atoms with Gasteiger partial charge < -0.3 is 10.2 Å². The lowest BCUT2D eigenvalue weighted by molar-refractivity contribution is -0.119. The lowest BCUT2D eigenvalue weighted by Gasteiger charge is -2.20. The summed E-state index contributed by atoms with van der Waals surface area (Å²) in [5, 5.41) is 2.86. The number of para-hydroxylation sites is 1. The van der Waals surface area contributed by atoms with Crippen molar-refractivity contribution in [2.24, 2.45) is 5.92 Å². The van der Waals surface area contributed by atoms with E-state index in [1.165, 1.54) is 0 Å². The highest BCUT2D eigenvalue weighted by Gasteiger charge is 2.33. The van der Waals surface area contributed by atoms with Crippen molar-refractivity contribution in [3.05, 3.63) is 53.9 Å². The third-order valence-electron chi connectivity index (χ3n) is 3.92. The number of anilines is 2. The van der Waals surface area contributed by atoms with Crippen LogP contribution in [0.3, 0.4) is 0 Å². The second-order valence-corrected chi connectivity index (χ2v) is 5.83. The van der Waals surface area contributed by atoms with Gasteiger partial charge in [-0.15, -0.1) is 0 Å².